The highest BCUT2D eigenvalue weighted by Gasteiger charge is 2.42. The number of pyridine rings is 1. The lowest BCUT2D eigenvalue weighted by Gasteiger charge is -2.02. The average Bonchev–Trinajstić information content (AvgIpc) is 2.65. The molecule has 2 aromatic rings. The number of hydrogen-bond acceptors (Lipinski definition) is 3. The molecule has 0 saturated heterocycles. The van der Waals surface area contributed by atoms with E-state index in [1.165, 1.54) is 23.7 Å². The molecule has 2 heterocycles. The van der Waals surface area contributed by atoms with Crippen LogP contribution in [-0.4, -0.2) is 28.4 Å². The van der Waals surface area contributed by atoms with E-state index in [4.69, 9.17) is 0 Å². The fraction of sp³-hybridized carbons (Fsp3) is 0.200. The summed E-state index contributed by atoms with van der Waals surface area (Å²) < 4.78 is 38.5. The Hall–Kier alpha value is -2.05. The summed E-state index contributed by atoms with van der Waals surface area (Å²) in [6.45, 7) is 0. The van der Waals surface area contributed by atoms with Crippen molar-refractivity contribution in [3.05, 3.63) is 30.1 Å². The molecule has 2 rings (SSSR count). The van der Waals surface area contributed by atoms with Crippen LogP contribution in [0.15, 0.2) is 24.4 Å². The number of anilines is 1. The molecular weight excluding hydrogens is 235 g/mol. The van der Waals surface area contributed by atoms with Gasteiger partial charge in [0, 0.05) is 13.2 Å². The van der Waals surface area contributed by atoms with E-state index in [1.54, 1.807) is 12.1 Å². The number of nitrogens with one attached hydrogen (secondary N) is 1. The number of fused-ring (bicyclic) bond motifs is 1. The molecule has 0 radical (unpaired) electrons. The molecule has 4 nitrogen and oxygen atoms in total. The first-order chi connectivity index (χ1) is 7.95. The number of ketones is 1. The third-order valence-corrected chi connectivity index (χ3v) is 2.24. The summed E-state index contributed by atoms with van der Waals surface area (Å²) in [5, 5.41) is 2.63. The normalized spacial score (nSPS) is 11.8. The van der Waals surface area contributed by atoms with Gasteiger partial charge in [0.25, 0.3) is 5.78 Å². The number of carbonyl (C=O) groups excluding carboxylic acids is 1. The van der Waals surface area contributed by atoms with E-state index in [-0.39, 0.29) is 11.5 Å². The van der Waals surface area contributed by atoms with Gasteiger partial charge in [0.05, 0.1) is 5.52 Å². The molecule has 0 fully saturated rings. The van der Waals surface area contributed by atoms with Gasteiger partial charge < -0.3 is 5.32 Å². The maximum Gasteiger partial charge on any atom is 0.456 e. The van der Waals surface area contributed by atoms with Crippen LogP contribution >= 0.6 is 0 Å². The molecule has 0 aliphatic heterocycles. The maximum absolute atomic E-state index is 12.4. The van der Waals surface area contributed by atoms with Crippen LogP contribution in [0.1, 0.15) is 10.5 Å². The monoisotopic (exact) mass is 243 g/mol. The lowest BCUT2D eigenvalue weighted by molar-refractivity contribution is -0.0886. The Kier molecular flexibility index (Phi) is 2.53. The van der Waals surface area contributed by atoms with Gasteiger partial charge in [-0.1, -0.05) is 6.07 Å². The Bertz CT molecular complexity index is 574. The highest BCUT2D eigenvalue weighted by Crippen LogP contribution is 2.25. The van der Waals surface area contributed by atoms with Gasteiger partial charge in [-0.3, -0.25) is 9.20 Å². The molecule has 0 spiro atoms. The molecule has 0 aliphatic rings. The van der Waals surface area contributed by atoms with Crippen molar-refractivity contribution in [3.63, 3.8) is 0 Å². The van der Waals surface area contributed by atoms with Crippen molar-refractivity contribution in [2.75, 3.05) is 12.4 Å². The smallest absolute Gasteiger partial charge is 0.358 e. The van der Waals surface area contributed by atoms with Gasteiger partial charge in [-0.25, -0.2) is 4.98 Å². The van der Waals surface area contributed by atoms with Crippen LogP contribution in [0.25, 0.3) is 5.52 Å². The summed E-state index contributed by atoms with van der Waals surface area (Å²) in [7, 11) is 1.52. The fourth-order valence-electron chi connectivity index (χ4n) is 1.52. The minimum absolute atomic E-state index is 0.124. The van der Waals surface area contributed by atoms with Gasteiger partial charge in [0.1, 0.15) is 5.69 Å². The number of Topliss-reactive ketones (excluding diaryl/α,β-unsaturated/α-hetero) is 1. The first kappa shape index (κ1) is 11.4. The molecule has 90 valence electrons. The van der Waals surface area contributed by atoms with Crippen molar-refractivity contribution in [3.8, 4) is 0 Å². The second-order valence-electron chi connectivity index (χ2n) is 3.32. The first-order valence-corrected chi connectivity index (χ1v) is 4.71. The number of alkyl halides is 3. The molecular formula is C10H8F3N3O. The molecule has 0 aromatic carbocycles. The second kappa shape index (κ2) is 3.76. The van der Waals surface area contributed by atoms with Gasteiger partial charge in [-0.15, -0.1) is 0 Å². The van der Waals surface area contributed by atoms with E-state index >= 15 is 0 Å². The van der Waals surface area contributed by atoms with E-state index in [2.05, 4.69) is 10.3 Å². The van der Waals surface area contributed by atoms with E-state index in [0.29, 0.717) is 0 Å². The van der Waals surface area contributed by atoms with E-state index in [9.17, 15) is 18.0 Å². The molecule has 7 heteroatoms. The third-order valence-electron chi connectivity index (χ3n) is 2.24. The van der Waals surface area contributed by atoms with Crippen molar-refractivity contribution < 1.29 is 18.0 Å². The highest BCUT2D eigenvalue weighted by molar-refractivity contribution is 6.04. The summed E-state index contributed by atoms with van der Waals surface area (Å²) in [6, 6.07) is 4.59. The summed E-state index contributed by atoms with van der Waals surface area (Å²) in [6.07, 6.45) is -3.39. The van der Waals surface area contributed by atoms with Crippen LogP contribution in [0.3, 0.4) is 0 Å². The predicted molar refractivity (Wildman–Crippen MR) is 55.1 cm³/mol. The molecule has 0 atom stereocenters. The highest BCUT2D eigenvalue weighted by atomic mass is 19.4. The lowest BCUT2D eigenvalue weighted by atomic mass is 10.2. The van der Waals surface area contributed by atoms with Gasteiger partial charge in [-0.05, 0) is 12.1 Å². The Balaban J connectivity index is 2.67. The van der Waals surface area contributed by atoms with Crippen LogP contribution in [0.4, 0.5) is 19.1 Å². The zero-order chi connectivity index (χ0) is 12.6. The Labute approximate surface area is 94.1 Å². The fourth-order valence-corrected chi connectivity index (χ4v) is 1.52. The zero-order valence-electron chi connectivity index (χ0n) is 8.75. The van der Waals surface area contributed by atoms with Crippen molar-refractivity contribution >= 4 is 17.2 Å². The molecule has 0 unspecified atom stereocenters. The summed E-state index contributed by atoms with van der Waals surface area (Å²) in [4.78, 5) is 14.8. The molecule has 2 aromatic heterocycles. The first-order valence-electron chi connectivity index (χ1n) is 4.71. The molecule has 17 heavy (non-hydrogen) atoms. The molecule has 0 amide bonds. The SMILES string of the molecule is CNc1nc(C(=O)C(F)(F)F)c2ccccn12. The maximum atomic E-state index is 12.4. The summed E-state index contributed by atoms with van der Waals surface area (Å²) in [5.41, 5.74) is -0.471. The molecule has 0 saturated carbocycles. The topological polar surface area (TPSA) is 46.4 Å². The minimum Gasteiger partial charge on any atom is -0.358 e. The van der Waals surface area contributed by atoms with Crippen molar-refractivity contribution in [1.82, 2.24) is 9.38 Å². The molecule has 0 aliphatic carbocycles. The number of aromatic nitrogens is 2. The van der Waals surface area contributed by atoms with E-state index in [1.807, 2.05) is 0 Å². The lowest BCUT2D eigenvalue weighted by Crippen LogP contribution is -2.23. The van der Waals surface area contributed by atoms with Crippen molar-refractivity contribution in [2.45, 2.75) is 6.18 Å². The van der Waals surface area contributed by atoms with Crippen LogP contribution in [0, 0.1) is 0 Å². The van der Waals surface area contributed by atoms with Gasteiger partial charge in [0.15, 0.2) is 0 Å². The number of nitrogens with zero attached hydrogens (tertiary/aromatic N) is 2. The van der Waals surface area contributed by atoms with Gasteiger partial charge >= 0.3 is 6.18 Å². The summed E-state index contributed by atoms with van der Waals surface area (Å²) >= 11 is 0. The predicted octanol–water partition coefficient (Wildman–Crippen LogP) is 2.12. The number of carbonyl (C=O) groups is 1. The molecule has 1 N–H and O–H groups in total. The van der Waals surface area contributed by atoms with Gasteiger partial charge in [-0.2, -0.15) is 13.2 Å². The summed E-state index contributed by atoms with van der Waals surface area (Å²) in [5.74, 6) is -1.75. The van der Waals surface area contributed by atoms with Crippen LogP contribution in [0.2, 0.25) is 0 Å². The zero-order valence-corrected chi connectivity index (χ0v) is 8.75. The second-order valence-corrected chi connectivity index (χ2v) is 3.32. The number of imidazole rings is 1. The third kappa shape index (κ3) is 1.83. The van der Waals surface area contributed by atoms with E-state index < -0.39 is 17.7 Å². The Morgan fingerprint density at radius 1 is 1.41 bits per heavy atom. The van der Waals surface area contributed by atoms with Crippen molar-refractivity contribution in [2.24, 2.45) is 0 Å². The average molecular weight is 243 g/mol. The van der Waals surface area contributed by atoms with E-state index in [0.717, 1.165) is 0 Å². The Morgan fingerprint density at radius 3 is 2.71 bits per heavy atom. The van der Waals surface area contributed by atoms with Crippen LogP contribution in [-0.2, 0) is 0 Å². The van der Waals surface area contributed by atoms with Crippen LogP contribution in [0.5, 0.6) is 0 Å². The number of hydrogen-bond donors (Lipinski definition) is 1. The van der Waals surface area contributed by atoms with Crippen LogP contribution < -0.4 is 5.32 Å². The van der Waals surface area contributed by atoms with Crippen molar-refractivity contribution in [1.29, 1.82) is 0 Å². The molecule has 0 bridgehead atoms. The quantitative estimate of drug-likeness (QED) is 0.822. The largest absolute Gasteiger partial charge is 0.456 e. The van der Waals surface area contributed by atoms with Gasteiger partial charge in [0.2, 0.25) is 5.95 Å². The Morgan fingerprint density at radius 2 is 2.12 bits per heavy atom. The number of rotatable bonds is 2. The number of halogens is 3. The standard InChI is InChI=1S/C10H8F3N3O/c1-14-9-15-7(8(17)10(11,12)13)6-4-2-3-5-16(6)9/h2-5H,1H3,(H,14,15). The minimum atomic E-state index is -4.92.